The lowest BCUT2D eigenvalue weighted by atomic mass is 10.1. The average molecular weight is 582 g/mol. The number of rotatable bonds is 13. The Balaban J connectivity index is 1.19. The Labute approximate surface area is 245 Å². The zero-order valence-electron chi connectivity index (χ0n) is 24.8. The molecule has 12 nitrogen and oxygen atoms in total. The smallest absolute Gasteiger partial charge is 0.332 e. The quantitative estimate of drug-likeness (QED) is 0.323. The first kappa shape index (κ1) is 29.8. The monoisotopic (exact) mass is 581 g/mol. The van der Waals surface area contributed by atoms with Crippen LogP contribution < -0.4 is 26.2 Å². The second kappa shape index (κ2) is 14.0. The highest BCUT2D eigenvalue weighted by Crippen LogP contribution is 2.25. The van der Waals surface area contributed by atoms with E-state index >= 15 is 0 Å². The molecule has 4 heterocycles. The van der Waals surface area contributed by atoms with E-state index < -0.39 is 0 Å². The molecule has 2 aromatic heterocycles. The first-order valence-corrected chi connectivity index (χ1v) is 15.3. The summed E-state index contributed by atoms with van der Waals surface area (Å²) in [5.74, 6) is 1.27. The summed E-state index contributed by atoms with van der Waals surface area (Å²) in [6.07, 6.45) is 3.18. The van der Waals surface area contributed by atoms with E-state index in [1.165, 1.54) is 4.57 Å². The van der Waals surface area contributed by atoms with Crippen molar-refractivity contribution in [3.63, 3.8) is 0 Å². The highest BCUT2D eigenvalue weighted by atomic mass is 16.5. The standard InChI is InChI=1S/C30H43N7O5/c1-3-12-36-27-26(28(39)37(13-4-2)30(36)40)35-15-5-14-34(29(35)32-27)16-10-23-6-8-24(9-7-23)42-22-25(38)31-11-17-33-18-20-41-21-19-33/h6-9H,3-5,10-22H2,1-2H3,(H,31,38). The number of imidazole rings is 1. The lowest BCUT2D eigenvalue weighted by Crippen LogP contribution is -2.42. The van der Waals surface area contributed by atoms with Crippen molar-refractivity contribution < 1.29 is 14.3 Å². The molecule has 2 aliphatic rings. The van der Waals surface area contributed by atoms with E-state index in [1.807, 2.05) is 42.7 Å². The third-order valence-corrected chi connectivity index (χ3v) is 7.90. The van der Waals surface area contributed by atoms with Gasteiger partial charge < -0.3 is 24.3 Å². The fraction of sp³-hybridized carbons (Fsp3) is 0.600. The van der Waals surface area contributed by atoms with Crippen molar-refractivity contribution in [3.8, 4) is 5.75 Å². The van der Waals surface area contributed by atoms with Crippen LogP contribution >= 0.6 is 0 Å². The van der Waals surface area contributed by atoms with E-state index in [2.05, 4.69) is 15.1 Å². The van der Waals surface area contributed by atoms with Crippen molar-refractivity contribution in [2.45, 2.75) is 59.2 Å². The van der Waals surface area contributed by atoms with Gasteiger partial charge in [-0.15, -0.1) is 0 Å². The van der Waals surface area contributed by atoms with Crippen LogP contribution in [0, 0.1) is 0 Å². The fourth-order valence-electron chi connectivity index (χ4n) is 5.70. The topological polar surface area (TPSA) is 116 Å². The van der Waals surface area contributed by atoms with E-state index in [0.29, 0.717) is 49.5 Å². The molecule has 0 radical (unpaired) electrons. The minimum Gasteiger partial charge on any atom is -0.484 e. The average Bonchev–Trinajstić information content (AvgIpc) is 3.41. The number of carbonyl (C=O) groups excluding carboxylic acids is 1. The molecule has 0 unspecified atom stereocenters. The van der Waals surface area contributed by atoms with Gasteiger partial charge >= 0.3 is 5.69 Å². The van der Waals surface area contributed by atoms with E-state index in [4.69, 9.17) is 14.5 Å². The number of nitrogens with one attached hydrogen (secondary N) is 1. The van der Waals surface area contributed by atoms with Gasteiger partial charge in [-0.3, -0.25) is 23.6 Å². The number of ether oxygens (including phenoxy) is 2. The number of nitrogens with zero attached hydrogens (tertiary/aromatic N) is 6. The van der Waals surface area contributed by atoms with Gasteiger partial charge in [0.25, 0.3) is 11.5 Å². The minimum absolute atomic E-state index is 0.0183. The highest BCUT2D eigenvalue weighted by Gasteiger charge is 2.26. The molecule has 1 fully saturated rings. The van der Waals surface area contributed by atoms with Crippen LogP contribution in [0.3, 0.4) is 0 Å². The third-order valence-electron chi connectivity index (χ3n) is 7.90. The second-order valence-electron chi connectivity index (χ2n) is 11.0. The van der Waals surface area contributed by atoms with Crippen LogP contribution in [0.2, 0.25) is 0 Å². The van der Waals surface area contributed by atoms with Gasteiger partial charge in [-0.05, 0) is 43.4 Å². The number of hydrogen-bond donors (Lipinski definition) is 1. The summed E-state index contributed by atoms with van der Waals surface area (Å²) in [5.41, 5.74) is 1.64. The van der Waals surface area contributed by atoms with Gasteiger partial charge in [-0.2, -0.15) is 4.98 Å². The largest absolute Gasteiger partial charge is 0.484 e. The molecule has 1 aromatic carbocycles. The Kier molecular flexibility index (Phi) is 9.96. The van der Waals surface area contributed by atoms with Gasteiger partial charge in [0.1, 0.15) is 5.75 Å². The van der Waals surface area contributed by atoms with Crippen molar-refractivity contribution in [2.24, 2.45) is 0 Å². The molecular formula is C30H43N7O5. The molecule has 0 spiro atoms. The van der Waals surface area contributed by atoms with Crippen molar-refractivity contribution >= 4 is 23.0 Å². The third kappa shape index (κ3) is 6.70. The highest BCUT2D eigenvalue weighted by molar-refractivity contribution is 5.77. The number of benzene rings is 1. The van der Waals surface area contributed by atoms with Crippen LogP contribution in [-0.4, -0.2) is 88.6 Å². The van der Waals surface area contributed by atoms with Crippen LogP contribution in [0.15, 0.2) is 33.9 Å². The number of morpholine rings is 1. The van der Waals surface area contributed by atoms with Crippen LogP contribution in [0.25, 0.3) is 11.2 Å². The molecule has 0 bridgehead atoms. The number of aromatic nitrogens is 4. The van der Waals surface area contributed by atoms with Crippen LogP contribution in [0.4, 0.5) is 5.95 Å². The summed E-state index contributed by atoms with van der Waals surface area (Å²) < 4.78 is 16.1. The maximum absolute atomic E-state index is 13.4. The summed E-state index contributed by atoms with van der Waals surface area (Å²) in [6.45, 7) is 11.9. The Morgan fingerprint density at radius 1 is 0.952 bits per heavy atom. The van der Waals surface area contributed by atoms with E-state index in [9.17, 15) is 14.4 Å². The molecule has 0 saturated carbocycles. The number of fused-ring (bicyclic) bond motifs is 3. The van der Waals surface area contributed by atoms with Crippen LogP contribution in [0.5, 0.6) is 5.75 Å². The molecule has 1 amide bonds. The van der Waals surface area contributed by atoms with Gasteiger partial charge in [-0.1, -0.05) is 26.0 Å². The predicted octanol–water partition coefficient (Wildman–Crippen LogP) is 1.46. The minimum atomic E-state index is -0.272. The summed E-state index contributed by atoms with van der Waals surface area (Å²) in [4.78, 5) is 48.0. The molecule has 228 valence electrons. The number of hydrogen-bond acceptors (Lipinski definition) is 8. The lowest BCUT2D eigenvalue weighted by Gasteiger charge is -2.29. The molecule has 1 N–H and O–H groups in total. The number of anilines is 1. The Bertz CT molecular complexity index is 1470. The molecule has 0 aliphatic carbocycles. The molecule has 1 saturated heterocycles. The normalized spacial score (nSPS) is 15.6. The van der Waals surface area contributed by atoms with Crippen molar-refractivity contribution in [1.82, 2.24) is 28.9 Å². The van der Waals surface area contributed by atoms with Gasteiger partial charge in [0.05, 0.1) is 13.2 Å². The molecule has 12 heteroatoms. The van der Waals surface area contributed by atoms with E-state index in [-0.39, 0.29) is 23.8 Å². The lowest BCUT2D eigenvalue weighted by molar-refractivity contribution is -0.123. The summed E-state index contributed by atoms with van der Waals surface area (Å²) in [5, 5.41) is 2.91. The van der Waals surface area contributed by atoms with Crippen molar-refractivity contribution in [3.05, 3.63) is 50.7 Å². The fourth-order valence-corrected chi connectivity index (χ4v) is 5.70. The zero-order valence-corrected chi connectivity index (χ0v) is 24.8. The van der Waals surface area contributed by atoms with Gasteiger partial charge in [-0.25, -0.2) is 4.79 Å². The summed E-state index contributed by atoms with van der Waals surface area (Å²) >= 11 is 0. The van der Waals surface area contributed by atoms with Crippen LogP contribution in [-0.2, 0) is 35.6 Å². The van der Waals surface area contributed by atoms with E-state index in [0.717, 1.165) is 76.7 Å². The maximum atomic E-state index is 13.4. The van der Waals surface area contributed by atoms with Gasteiger partial charge in [0.2, 0.25) is 5.95 Å². The van der Waals surface area contributed by atoms with Gasteiger partial charge in [0, 0.05) is 58.9 Å². The predicted molar refractivity (Wildman–Crippen MR) is 162 cm³/mol. The Morgan fingerprint density at radius 3 is 2.43 bits per heavy atom. The van der Waals surface area contributed by atoms with Crippen LogP contribution in [0.1, 0.15) is 38.7 Å². The maximum Gasteiger partial charge on any atom is 0.332 e. The summed E-state index contributed by atoms with van der Waals surface area (Å²) in [7, 11) is 0. The van der Waals surface area contributed by atoms with Gasteiger partial charge in [0.15, 0.2) is 17.8 Å². The number of carbonyl (C=O) groups is 1. The molecule has 5 rings (SSSR count). The molecule has 3 aromatic rings. The molecule has 2 aliphatic heterocycles. The Morgan fingerprint density at radius 2 is 1.69 bits per heavy atom. The van der Waals surface area contributed by atoms with Crippen molar-refractivity contribution in [2.75, 3.05) is 64.0 Å². The molecular weight excluding hydrogens is 538 g/mol. The second-order valence-corrected chi connectivity index (χ2v) is 11.0. The number of aryl methyl sites for hydroxylation is 2. The number of amides is 1. The molecule has 0 atom stereocenters. The zero-order chi connectivity index (χ0) is 29.5. The van der Waals surface area contributed by atoms with Crippen molar-refractivity contribution in [1.29, 1.82) is 0 Å². The van der Waals surface area contributed by atoms with E-state index in [1.54, 1.807) is 4.57 Å². The first-order valence-electron chi connectivity index (χ1n) is 15.3. The SMILES string of the molecule is CCCn1c(=O)c2c(nc3n2CCCN3CCc2ccc(OCC(=O)NCCN3CCOCC3)cc2)n(CCC)c1=O. The Hall–Kier alpha value is -3.64. The summed E-state index contributed by atoms with van der Waals surface area (Å²) in [6, 6.07) is 7.81. The molecule has 42 heavy (non-hydrogen) atoms. The first-order chi connectivity index (χ1) is 20.5.